The first kappa shape index (κ1) is 12.0. The minimum atomic E-state index is -1.37. The molecule has 0 saturated heterocycles. The monoisotopic (exact) mass is 225 g/mol. The molecule has 0 saturated carbocycles. The third-order valence-corrected chi connectivity index (χ3v) is 2.00. The number of halogens is 1. The van der Waals surface area contributed by atoms with Gasteiger partial charge in [0.1, 0.15) is 11.6 Å². The maximum Gasteiger partial charge on any atom is 0.314 e. The van der Waals surface area contributed by atoms with Gasteiger partial charge in [-0.3, -0.25) is 14.4 Å². The van der Waals surface area contributed by atoms with E-state index in [0.29, 0.717) is 6.29 Å². The Morgan fingerprint density at radius 2 is 2.19 bits per heavy atom. The highest BCUT2D eigenvalue weighted by atomic mass is 19.1. The number of carbonyl (C=O) groups is 3. The van der Waals surface area contributed by atoms with Crippen LogP contribution in [0.5, 0.6) is 0 Å². The van der Waals surface area contributed by atoms with Gasteiger partial charge < -0.3 is 5.11 Å². The molecule has 0 fully saturated rings. The Morgan fingerprint density at radius 3 is 2.62 bits per heavy atom. The highest BCUT2D eigenvalue weighted by Crippen LogP contribution is 2.11. The molecule has 0 aliphatic carbocycles. The highest BCUT2D eigenvalue weighted by Gasteiger charge is 2.25. The number of rotatable bonds is 4. The summed E-state index contributed by atoms with van der Waals surface area (Å²) in [6.45, 7) is 1.14. The average molecular weight is 225 g/mol. The van der Waals surface area contributed by atoms with Crippen molar-refractivity contribution in [2.45, 2.75) is 6.92 Å². The molecule has 1 N–H and O–H groups in total. The van der Waals surface area contributed by atoms with Crippen LogP contribution in [0.1, 0.15) is 27.8 Å². The quantitative estimate of drug-likeness (QED) is 0.468. The minimum absolute atomic E-state index is 0.0166. The first-order chi connectivity index (χ1) is 7.47. The number of hydrogen-bond donors (Lipinski definition) is 1. The first-order valence-corrected chi connectivity index (χ1v) is 4.35. The van der Waals surface area contributed by atoms with Crippen LogP contribution in [-0.4, -0.2) is 28.1 Å². The maximum absolute atomic E-state index is 13.3. The SMILES string of the molecule is CC(C(=O)O)C(=O)c1ncc(C=O)cc1F. The lowest BCUT2D eigenvalue weighted by atomic mass is 10.0. The third-order valence-electron chi connectivity index (χ3n) is 2.00. The number of carbonyl (C=O) groups excluding carboxylic acids is 2. The molecule has 84 valence electrons. The maximum atomic E-state index is 13.3. The van der Waals surface area contributed by atoms with E-state index in [1.807, 2.05) is 0 Å². The van der Waals surface area contributed by atoms with Crippen molar-refractivity contribution in [1.82, 2.24) is 4.98 Å². The van der Waals surface area contributed by atoms with Gasteiger partial charge in [-0.2, -0.15) is 0 Å². The second-order valence-electron chi connectivity index (χ2n) is 3.14. The molecule has 1 aromatic rings. The Morgan fingerprint density at radius 1 is 1.56 bits per heavy atom. The van der Waals surface area contributed by atoms with E-state index < -0.39 is 29.2 Å². The van der Waals surface area contributed by atoms with Crippen LogP contribution in [0.15, 0.2) is 12.3 Å². The second kappa shape index (κ2) is 4.61. The number of aromatic nitrogens is 1. The number of pyridine rings is 1. The Hall–Kier alpha value is -2.11. The Balaban J connectivity index is 3.10. The fraction of sp³-hybridized carbons (Fsp3) is 0.200. The number of nitrogens with zero attached hydrogens (tertiary/aromatic N) is 1. The van der Waals surface area contributed by atoms with Crippen LogP contribution in [0.3, 0.4) is 0 Å². The molecule has 16 heavy (non-hydrogen) atoms. The molecule has 6 heteroatoms. The van der Waals surface area contributed by atoms with Crippen molar-refractivity contribution >= 4 is 18.0 Å². The molecule has 0 spiro atoms. The molecule has 0 radical (unpaired) electrons. The average Bonchev–Trinajstić information content (AvgIpc) is 2.26. The predicted molar refractivity (Wildman–Crippen MR) is 50.7 cm³/mol. The molecule has 1 aromatic heterocycles. The smallest absolute Gasteiger partial charge is 0.314 e. The van der Waals surface area contributed by atoms with Gasteiger partial charge in [0.15, 0.2) is 17.9 Å². The summed E-state index contributed by atoms with van der Waals surface area (Å²) in [7, 11) is 0. The van der Waals surface area contributed by atoms with Crippen LogP contribution < -0.4 is 0 Å². The molecule has 0 aliphatic heterocycles. The van der Waals surface area contributed by atoms with Crippen LogP contribution >= 0.6 is 0 Å². The summed E-state index contributed by atoms with van der Waals surface area (Å²) in [5, 5.41) is 8.58. The van der Waals surface area contributed by atoms with Crippen molar-refractivity contribution in [3.63, 3.8) is 0 Å². The molecule has 0 aromatic carbocycles. The Bertz CT molecular complexity index is 458. The molecule has 0 bridgehead atoms. The Labute approximate surface area is 89.9 Å². The zero-order valence-electron chi connectivity index (χ0n) is 8.31. The minimum Gasteiger partial charge on any atom is -0.481 e. The number of hydrogen-bond acceptors (Lipinski definition) is 4. The summed E-state index contributed by atoms with van der Waals surface area (Å²) in [6.07, 6.45) is 1.39. The van der Waals surface area contributed by atoms with Crippen LogP contribution in [0.4, 0.5) is 4.39 Å². The number of ketones is 1. The van der Waals surface area contributed by atoms with Crippen molar-refractivity contribution in [2.24, 2.45) is 5.92 Å². The molecule has 0 aliphatic rings. The number of aldehydes is 1. The van der Waals surface area contributed by atoms with Gasteiger partial charge in [0, 0.05) is 11.8 Å². The largest absolute Gasteiger partial charge is 0.481 e. The van der Waals surface area contributed by atoms with Gasteiger partial charge in [0.05, 0.1) is 0 Å². The van der Waals surface area contributed by atoms with E-state index in [4.69, 9.17) is 5.11 Å². The van der Waals surface area contributed by atoms with Crippen molar-refractivity contribution < 1.29 is 23.9 Å². The van der Waals surface area contributed by atoms with Crippen molar-refractivity contribution in [2.75, 3.05) is 0 Å². The summed E-state index contributed by atoms with van der Waals surface area (Å²) < 4.78 is 13.3. The summed E-state index contributed by atoms with van der Waals surface area (Å²) in [5.41, 5.74) is -0.586. The molecular weight excluding hydrogens is 217 g/mol. The van der Waals surface area contributed by atoms with E-state index in [9.17, 15) is 18.8 Å². The number of Topliss-reactive ketones (excluding diaryl/α,β-unsaturated/α-hetero) is 1. The fourth-order valence-corrected chi connectivity index (χ4v) is 1.02. The van der Waals surface area contributed by atoms with Gasteiger partial charge in [-0.1, -0.05) is 0 Å². The summed E-state index contributed by atoms with van der Waals surface area (Å²) in [4.78, 5) is 35.7. The fourth-order valence-electron chi connectivity index (χ4n) is 1.02. The molecular formula is C10H8FNO4. The molecule has 5 nitrogen and oxygen atoms in total. The Kier molecular flexibility index (Phi) is 3.44. The zero-order valence-corrected chi connectivity index (χ0v) is 8.31. The van der Waals surface area contributed by atoms with Crippen LogP contribution in [0, 0.1) is 11.7 Å². The van der Waals surface area contributed by atoms with E-state index in [0.717, 1.165) is 19.2 Å². The van der Waals surface area contributed by atoms with E-state index in [-0.39, 0.29) is 5.56 Å². The zero-order chi connectivity index (χ0) is 12.3. The predicted octanol–water partition coefficient (Wildman–Crippen LogP) is 0.937. The lowest BCUT2D eigenvalue weighted by Crippen LogP contribution is -2.22. The molecule has 1 unspecified atom stereocenters. The summed E-state index contributed by atoms with van der Waals surface area (Å²) >= 11 is 0. The lowest BCUT2D eigenvalue weighted by molar-refractivity contribution is -0.139. The lowest BCUT2D eigenvalue weighted by Gasteiger charge is -2.05. The van der Waals surface area contributed by atoms with Gasteiger partial charge in [-0.25, -0.2) is 9.37 Å². The van der Waals surface area contributed by atoms with Crippen LogP contribution in [0.25, 0.3) is 0 Å². The highest BCUT2D eigenvalue weighted by molar-refractivity contribution is 6.07. The summed E-state index contributed by atoms with van der Waals surface area (Å²) in [5.74, 6) is -4.65. The topological polar surface area (TPSA) is 84.3 Å². The standard InChI is InChI=1S/C10H8FNO4/c1-5(10(15)16)9(14)8-7(11)2-6(4-13)3-12-8/h2-5H,1H3,(H,15,16). The van der Waals surface area contributed by atoms with Crippen LogP contribution in [-0.2, 0) is 4.79 Å². The van der Waals surface area contributed by atoms with Crippen LogP contribution in [0.2, 0.25) is 0 Å². The van der Waals surface area contributed by atoms with E-state index in [1.54, 1.807) is 0 Å². The van der Waals surface area contributed by atoms with Gasteiger partial charge in [-0.05, 0) is 13.0 Å². The van der Waals surface area contributed by atoms with E-state index >= 15 is 0 Å². The normalized spacial score (nSPS) is 11.9. The molecule has 1 heterocycles. The number of aliphatic carboxylic acids is 1. The van der Waals surface area contributed by atoms with Crippen molar-refractivity contribution in [3.05, 3.63) is 29.3 Å². The second-order valence-corrected chi connectivity index (χ2v) is 3.14. The molecule has 1 atom stereocenters. The van der Waals surface area contributed by atoms with Gasteiger partial charge in [0.25, 0.3) is 0 Å². The van der Waals surface area contributed by atoms with Crippen molar-refractivity contribution in [1.29, 1.82) is 0 Å². The molecule has 1 rings (SSSR count). The van der Waals surface area contributed by atoms with E-state index in [2.05, 4.69) is 4.98 Å². The molecule has 0 amide bonds. The van der Waals surface area contributed by atoms with Gasteiger partial charge in [-0.15, -0.1) is 0 Å². The van der Waals surface area contributed by atoms with Crippen molar-refractivity contribution in [3.8, 4) is 0 Å². The first-order valence-electron chi connectivity index (χ1n) is 4.35. The van der Waals surface area contributed by atoms with Gasteiger partial charge >= 0.3 is 5.97 Å². The van der Waals surface area contributed by atoms with E-state index in [1.165, 1.54) is 0 Å². The number of carboxylic acids is 1. The van der Waals surface area contributed by atoms with Gasteiger partial charge in [0.2, 0.25) is 0 Å². The summed E-state index contributed by atoms with van der Waals surface area (Å²) in [6, 6.07) is 0.835. The third kappa shape index (κ3) is 2.28. The number of carboxylic acid groups (broad SMARTS) is 1.